The molecule has 0 bridgehead atoms. The van der Waals surface area contributed by atoms with E-state index in [4.69, 9.17) is 0 Å². The molecule has 0 atom stereocenters. The summed E-state index contributed by atoms with van der Waals surface area (Å²) in [4.78, 5) is 11.3. The van der Waals surface area contributed by atoms with Gasteiger partial charge < -0.3 is 5.32 Å². The van der Waals surface area contributed by atoms with E-state index in [0.29, 0.717) is 24.4 Å². The third-order valence-electron chi connectivity index (χ3n) is 2.57. The van der Waals surface area contributed by atoms with Crippen LogP contribution in [0, 0.1) is 11.6 Å². The normalized spacial score (nSPS) is 14.9. The van der Waals surface area contributed by atoms with E-state index in [1.54, 1.807) is 0 Å². The van der Waals surface area contributed by atoms with E-state index in [-0.39, 0.29) is 5.91 Å². The van der Waals surface area contributed by atoms with Crippen LogP contribution >= 0.6 is 0 Å². The number of carbonyl (C=O) groups excluding carboxylic acids is 1. The smallest absolute Gasteiger partial charge is 0.220 e. The first-order valence-electron chi connectivity index (χ1n) is 5.38. The van der Waals surface area contributed by atoms with Gasteiger partial charge in [-0.25, -0.2) is 8.78 Å². The molecule has 1 aliphatic carbocycles. The van der Waals surface area contributed by atoms with Gasteiger partial charge in [-0.05, 0) is 37.0 Å². The molecular weight excluding hydrogens is 212 g/mol. The molecule has 0 aliphatic heterocycles. The molecule has 1 fully saturated rings. The topological polar surface area (TPSA) is 29.1 Å². The Hall–Kier alpha value is -1.45. The number of aryl methyl sites for hydroxylation is 1. The Morgan fingerprint density at radius 2 is 2.06 bits per heavy atom. The molecule has 86 valence electrons. The Bertz CT molecular complexity index is 402. The monoisotopic (exact) mass is 225 g/mol. The fourth-order valence-corrected chi connectivity index (χ4v) is 1.48. The third kappa shape index (κ3) is 3.02. The third-order valence-corrected chi connectivity index (χ3v) is 2.57. The zero-order chi connectivity index (χ0) is 11.5. The molecule has 0 saturated heterocycles. The van der Waals surface area contributed by atoms with Crippen molar-refractivity contribution in [1.29, 1.82) is 0 Å². The van der Waals surface area contributed by atoms with Crippen LogP contribution in [0.4, 0.5) is 8.78 Å². The Morgan fingerprint density at radius 1 is 1.31 bits per heavy atom. The second-order valence-corrected chi connectivity index (χ2v) is 4.09. The van der Waals surface area contributed by atoms with E-state index in [1.807, 2.05) is 0 Å². The fraction of sp³-hybridized carbons (Fsp3) is 0.417. The summed E-state index contributed by atoms with van der Waals surface area (Å²) >= 11 is 0. The van der Waals surface area contributed by atoms with Crippen molar-refractivity contribution in [2.24, 2.45) is 0 Å². The van der Waals surface area contributed by atoms with Gasteiger partial charge in [0.15, 0.2) is 11.6 Å². The van der Waals surface area contributed by atoms with Crippen molar-refractivity contribution in [3.05, 3.63) is 35.4 Å². The van der Waals surface area contributed by atoms with Crippen molar-refractivity contribution in [3.8, 4) is 0 Å². The SMILES string of the molecule is O=C(CCc1ccc(F)c(F)c1)NC1CC1. The van der Waals surface area contributed by atoms with E-state index in [9.17, 15) is 13.6 Å². The molecule has 0 heterocycles. The minimum atomic E-state index is -0.861. The Labute approximate surface area is 92.7 Å². The lowest BCUT2D eigenvalue weighted by atomic mass is 10.1. The molecule has 1 N–H and O–H groups in total. The number of amides is 1. The maximum Gasteiger partial charge on any atom is 0.220 e. The number of hydrogen-bond acceptors (Lipinski definition) is 1. The highest BCUT2D eigenvalue weighted by molar-refractivity contribution is 5.76. The van der Waals surface area contributed by atoms with Crippen LogP contribution < -0.4 is 5.32 Å². The highest BCUT2D eigenvalue weighted by Crippen LogP contribution is 2.19. The highest BCUT2D eigenvalue weighted by Gasteiger charge is 2.22. The molecule has 2 nitrogen and oxygen atoms in total. The molecule has 0 spiro atoms. The van der Waals surface area contributed by atoms with Gasteiger partial charge in [0.05, 0.1) is 0 Å². The summed E-state index contributed by atoms with van der Waals surface area (Å²) in [5.74, 6) is -1.74. The number of hydrogen-bond donors (Lipinski definition) is 1. The maximum atomic E-state index is 12.8. The van der Waals surface area contributed by atoms with E-state index >= 15 is 0 Å². The van der Waals surface area contributed by atoms with Crippen molar-refractivity contribution < 1.29 is 13.6 Å². The molecule has 1 saturated carbocycles. The predicted octanol–water partition coefficient (Wildman–Crippen LogP) is 2.18. The maximum absolute atomic E-state index is 12.8. The number of halogens is 2. The lowest BCUT2D eigenvalue weighted by Crippen LogP contribution is -2.25. The van der Waals surface area contributed by atoms with Gasteiger partial charge in [0.2, 0.25) is 5.91 Å². The van der Waals surface area contributed by atoms with Crippen LogP contribution in [-0.2, 0) is 11.2 Å². The van der Waals surface area contributed by atoms with Gasteiger partial charge in [-0.1, -0.05) is 6.07 Å². The highest BCUT2D eigenvalue weighted by atomic mass is 19.2. The van der Waals surface area contributed by atoms with Crippen LogP contribution in [-0.4, -0.2) is 11.9 Å². The zero-order valence-electron chi connectivity index (χ0n) is 8.80. The molecule has 0 radical (unpaired) electrons. The summed E-state index contributed by atoms with van der Waals surface area (Å²) in [5.41, 5.74) is 0.643. The van der Waals surface area contributed by atoms with E-state index in [0.717, 1.165) is 25.0 Å². The molecule has 1 aliphatic rings. The Balaban J connectivity index is 1.83. The summed E-state index contributed by atoms with van der Waals surface area (Å²) in [5, 5.41) is 2.84. The Kier molecular flexibility index (Phi) is 3.17. The van der Waals surface area contributed by atoms with E-state index in [1.165, 1.54) is 6.07 Å². The molecule has 4 heteroatoms. The predicted molar refractivity (Wildman–Crippen MR) is 55.8 cm³/mol. The van der Waals surface area contributed by atoms with Crippen LogP contribution in [0.15, 0.2) is 18.2 Å². The second-order valence-electron chi connectivity index (χ2n) is 4.09. The molecular formula is C12H13F2NO. The average molecular weight is 225 g/mol. The van der Waals surface area contributed by atoms with Crippen molar-refractivity contribution in [1.82, 2.24) is 5.32 Å². The van der Waals surface area contributed by atoms with Gasteiger partial charge in [0.25, 0.3) is 0 Å². The van der Waals surface area contributed by atoms with Crippen LogP contribution in [0.5, 0.6) is 0 Å². The van der Waals surface area contributed by atoms with Gasteiger partial charge in [0.1, 0.15) is 0 Å². The first-order valence-corrected chi connectivity index (χ1v) is 5.38. The number of nitrogens with one attached hydrogen (secondary N) is 1. The number of benzene rings is 1. The lowest BCUT2D eigenvalue weighted by molar-refractivity contribution is -0.121. The van der Waals surface area contributed by atoms with Crippen LogP contribution in [0.2, 0.25) is 0 Å². The summed E-state index contributed by atoms with van der Waals surface area (Å²) < 4.78 is 25.5. The average Bonchev–Trinajstić information content (AvgIpc) is 3.04. The van der Waals surface area contributed by atoms with Crippen molar-refractivity contribution in [2.75, 3.05) is 0 Å². The lowest BCUT2D eigenvalue weighted by Gasteiger charge is -2.03. The molecule has 1 aromatic rings. The molecule has 0 aromatic heterocycles. The van der Waals surface area contributed by atoms with Gasteiger partial charge in [-0.3, -0.25) is 4.79 Å². The summed E-state index contributed by atoms with van der Waals surface area (Å²) in [7, 11) is 0. The molecule has 1 aromatic carbocycles. The standard InChI is InChI=1S/C12H13F2NO/c13-10-5-1-8(7-11(10)14)2-6-12(16)15-9-3-4-9/h1,5,7,9H,2-4,6H2,(H,15,16). The minimum absolute atomic E-state index is 0.0211. The van der Waals surface area contributed by atoms with E-state index < -0.39 is 11.6 Å². The number of carbonyl (C=O) groups is 1. The van der Waals surface area contributed by atoms with Gasteiger partial charge in [-0.15, -0.1) is 0 Å². The number of rotatable bonds is 4. The molecule has 16 heavy (non-hydrogen) atoms. The van der Waals surface area contributed by atoms with Gasteiger partial charge >= 0.3 is 0 Å². The largest absolute Gasteiger partial charge is 0.353 e. The summed E-state index contributed by atoms with van der Waals surface area (Å²) in [6.07, 6.45) is 2.87. The first-order chi connectivity index (χ1) is 7.65. The van der Waals surface area contributed by atoms with Crippen molar-refractivity contribution in [2.45, 2.75) is 31.7 Å². The minimum Gasteiger partial charge on any atom is -0.353 e. The molecule has 1 amide bonds. The quantitative estimate of drug-likeness (QED) is 0.836. The van der Waals surface area contributed by atoms with Crippen molar-refractivity contribution in [3.63, 3.8) is 0 Å². The van der Waals surface area contributed by atoms with Crippen LogP contribution in [0.3, 0.4) is 0 Å². The first kappa shape index (κ1) is 11.0. The zero-order valence-corrected chi connectivity index (χ0v) is 8.80. The van der Waals surface area contributed by atoms with Gasteiger partial charge in [-0.2, -0.15) is 0 Å². The van der Waals surface area contributed by atoms with Crippen molar-refractivity contribution >= 4 is 5.91 Å². The fourth-order valence-electron chi connectivity index (χ4n) is 1.48. The second kappa shape index (κ2) is 4.60. The van der Waals surface area contributed by atoms with Crippen LogP contribution in [0.1, 0.15) is 24.8 Å². The molecule has 0 unspecified atom stereocenters. The van der Waals surface area contributed by atoms with E-state index in [2.05, 4.69) is 5.32 Å². The van der Waals surface area contributed by atoms with Crippen LogP contribution in [0.25, 0.3) is 0 Å². The molecule has 2 rings (SSSR count). The summed E-state index contributed by atoms with van der Waals surface area (Å²) in [6, 6.07) is 4.07. The Morgan fingerprint density at radius 3 is 2.69 bits per heavy atom. The van der Waals surface area contributed by atoms with Gasteiger partial charge in [0, 0.05) is 12.5 Å². The summed E-state index contributed by atoms with van der Waals surface area (Å²) in [6.45, 7) is 0.